The van der Waals surface area contributed by atoms with Gasteiger partial charge in [-0.15, -0.1) is 0 Å². The van der Waals surface area contributed by atoms with E-state index in [1.54, 1.807) is 24.4 Å². The molecule has 5 heterocycles. The molecule has 11 heteroatoms. The first-order valence-corrected chi connectivity index (χ1v) is 13.5. The minimum atomic E-state index is -0.407. The molecular formula is C28H25FN6O3S. The summed E-state index contributed by atoms with van der Waals surface area (Å²) in [6.45, 7) is 2.75. The van der Waals surface area contributed by atoms with Crippen LogP contribution >= 0.6 is 11.8 Å². The van der Waals surface area contributed by atoms with Crippen LogP contribution in [0.4, 0.5) is 15.1 Å². The number of halogens is 1. The van der Waals surface area contributed by atoms with Crippen molar-refractivity contribution in [3.63, 3.8) is 0 Å². The van der Waals surface area contributed by atoms with Crippen molar-refractivity contribution in [2.75, 3.05) is 24.5 Å². The number of hydrogen-bond acceptors (Lipinski definition) is 9. The zero-order valence-corrected chi connectivity index (χ0v) is 21.7. The predicted octanol–water partition coefficient (Wildman–Crippen LogP) is 4.75. The van der Waals surface area contributed by atoms with E-state index in [0.717, 1.165) is 55.2 Å². The largest absolute Gasteiger partial charge is 0.454 e. The van der Waals surface area contributed by atoms with Crippen LogP contribution in [0.1, 0.15) is 24.1 Å². The number of para-hydroxylation sites is 1. The van der Waals surface area contributed by atoms with Crippen molar-refractivity contribution in [3.05, 3.63) is 76.8 Å². The van der Waals surface area contributed by atoms with Crippen molar-refractivity contribution in [2.24, 2.45) is 5.92 Å². The Kier molecular flexibility index (Phi) is 7.08. The number of hydrogen-bond donors (Lipinski definition) is 2. The second-order valence-corrected chi connectivity index (χ2v) is 10.5. The second kappa shape index (κ2) is 11.0. The average molecular weight is 545 g/mol. The fraction of sp³-hybridized carbons (Fsp3) is 0.250. The normalized spacial score (nSPS) is 17.4. The van der Waals surface area contributed by atoms with Crippen molar-refractivity contribution < 1.29 is 18.4 Å². The number of imide groups is 1. The number of thioether (sulfide) groups is 1. The first-order valence-electron chi connectivity index (χ1n) is 12.7. The Bertz CT molecular complexity index is 1550. The van der Waals surface area contributed by atoms with E-state index in [1.165, 1.54) is 6.20 Å². The number of piperidine rings is 1. The lowest BCUT2D eigenvalue weighted by Crippen LogP contribution is -2.38. The number of furan rings is 1. The van der Waals surface area contributed by atoms with Crippen LogP contribution in [-0.2, 0) is 11.3 Å². The number of carbonyl (C=O) groups is 2. The van der Waals surface area contributed by atoms with Gasteiger partial charge in [-0.3, -0.25) is 14.9 Å². The number of nitrogens with one attached hydrogen (secondary N) is 2. The molecule has 0 unspecified atom stereocenters. The molecule has 2 fully saturated rings. The minimum Gasteiger partial charge on any atom is -0.454 e. The summed E-state index contributed by atoms with van der Waals surface area (Å²) >= 11 is 0.866. The van der Waals surface area contributed by atoms with Gasteiger partial charge in [0, 0.05) is 36.8 Å². The highest BCUT2D eigenvalue weighted by molar-refractivity contribution is 8.18. The van der Waals surface area contributed by atoms with Gasteiger partial charge in [-0.25, -0.2) is 19.3 Å². The molecule has 198 valence electrons. The van der Waals surface area contributed by atoms with Crippen molar-refractivity contribution >= 4 is 45.9 Å². The molecule has 0 aliphatic carbocycles. The Morgan fingerprint density at radius 1 is 1.15 bits per heavy atom. The van der Waals surface area contributed by atoms with E-state index in [2.05, 4.69) is 30.5 Å². The molecule has 1 aromatic carbocycles. The molecule has 2 amide bonds. The van der Waals surface area contributed by atoms with Crippen molar-refractivity contribution in [2.45, 2.75) is 19.4 Å². The van der Waals surface area contributed by atoms with Gasteiger partial charge in [-0.2, -0.15) is 0 Å². The van der Waals surface area contributed by atoms with Crippen LogP contribution in [0.25, 0.3) is 28.5 Å². The third-order valence-electron chi connectivity index (χ3n) is 6.84. The molecule has 2 aliphatic heterocycles. The number of rotatable bonds is 7. The molecule has 2 saturated heterocycles. The smallest absolute Gasteiger partial charge is 0.290 e. The SMILES string of the molecule is O=C1NC(=O)C(=Cc2ccnc(N3CCC(CNCc4cc(-c5cc6ccccc6o5)ncc4F)CC3)n2)S1. The summed E-state index contributed by atoms with van der Waals surface area (Å²) in [5.41, 5.74) is 2.51. The standard InChI is InChI=1S/C28H25FN6O3S/c29-21-16-32-22(24-12-18-3-1-2-4-23(18)38-24)11-19(21)15-30-14-17-6-9-35(10-7-17)27-31-8-5-20(33-27)13-25-26(36)34-28(37)39-25/h1-5,8,11-13,16-17,30H,6-7,9-10,14-15H2,(H,34,36,37). The van der Waals surface area contributed by atoms with Gasteiger partial charge in [-0.05, 0) is 67.4 Å². The molecule has 2 aliphatic rings. The maximum absolute atomic E-state index is 14.5. The molecule has 9 nitrogen and oxygen atoms in total. The molecule has 3 aromatic heterocycles. The maximum atomic E-state index is 14.5. The number of pyridine rings is 1. The maximum Gasteiger partial charge on any atom is 0.290 e. The number of anilines is 1. The van der Waals surface area contributed by atoms with Crippen molar-refractivity contribution in [3.8, 4) is 11.5 Å². The van der Waals surface area contributed by atoms with E-state index < -0.39 is 5.91 Å². The molecule has 6 rings (SSSR count). The Morgan fingerprint density at radius 3 is 2.79 bits per heavy atom. The van der Waals surface area contributed by atoms with Crippen LogP contribution in [0.2, 0.25) is 0 Å². The summed E-state index contributed by atoms with van der Waals surface area (Å²) in [4.78, 5) is 38.8. The van der Waals surface area contributed by atoms with E-state index in [0.29, 0.717) is 46.0 Å². The monoisotopic (exact) mass is 544 g/mol. The van der Waals surface area contributed by atoms with Crippen molar-refractivity contribution in [1.82, 2.24) is 25.6 Å². The predicted molar refractivity (Wildman–Crippen MR) is 147 cm³/mol. The lowest BCUT2D eigenvalue weighted by molar-refractivity contribution is -0.115. The summed E-state index contributed by atoms with van der Waals surface area (Å²) in [6.07, 6.45) is 6.39. The lowest BCUT2D eigenvalue weighted by atomic mass is 9.97. The number of fused-ring (bicyclic) bond motifs is 1. The zero-order valence-electron chi connectivity index (χ0n) is 20.9. The fourth-order valence-corrected chi connectivity index (χ4v) is 5.42. The highest BCUT2D eigenvalue weighted by Gasteiger charge is 2.26. The molecule has 2 N–H and O–H groups in total. The van der Waals surface area contributed by atoms with Crippen molar-refractivity contribution in [1.29, 1.82) is 0 Å². The molecule has 0 spiro atoms. The van der Waals surface area contributed by atoms with E-state index in [-0.39, 0.29) is 11.1 Å². The van der Waals surface area contributed by atoms with Crippen LogP contribution < -0.4 is 15.5 Å². The van der Waals surface area contributed by atoms with Gasteiger partial charge in [0.15, 0.2) is 5.76 Å². The van der Waals surface area contributed by atoms with Crippen LogP contribution in [0.3, 0.4) is 0 Å². The zero-order chi connectivity index (χ0) is 26.8. The Balaban J connectivity index is 1.03. The Morgan fingerprint density at radius 2 is 2.00 bits per heavy atom. The summed E-state index contributed by atoms with van der Waals surface area (Å²) < 4.78 is 20.4. The van der Waals surface area contributed by atoms with Gasteiger partial charge < -0.3 is 14.6 Å². The molecule has 0 saturated carbocycles. The summed E-state index contributed by atoms with van der Waals surface area (Å²) in [6, 6.07) is 13.1. The second-order valence-electron chi connectivity index (χ2n) is 9.50. The van der Waals surface area contributed by atoms with Crippen LogP contribution in [0.5, 0.6) is 0 Å². The summed E-state index contributed by atoms with van der Waals surface area (Å²) in [5, 5.41) is 6.25. The third kappa shape index (κ3) is 5.69. The highest BCUT2D eigenvalue weighted by atomic mass is 32.2. The first-order chi connectivity index (χ1) is 19.0. The Hall–Kier alpha value is -4.09. The number of nitrogens with zero attached hydrogens (tertiary/aromatic N) is 4. The molecule has 4 aromatic rings. The van der Waals surface area contributed by atoms with E-state index in [1.807, 2.05) is 30.3 Å². The van der Waals surface area contributed by atoms with Crippen LogP contribution in [-0.4, -0.2) is 45.7 Å². The molecule has 0 atom stereocenters. The molecule has 0 radical (unpaired) electrons. The summed E-state index contributed by atoms with van der Waals surface area (Å²) in [7, 11) is 0. The van der Waals surface area contributed by atoms with Gasteiger partial charge >= 0.3 is 0 Å². The third-order valence-corrected chi connectivity index (χ3v) is 7.65. The van der Waals surface area contributed by atoms with E-state index in [9.17, 15) is 14.0 Å². The first kappa shape index (κ1) is 25.2. The number of benzene rings is 1. The van der Waals surface area contributed by atoms with E-state index in [4.69, 9.17) is 4.42 Å². The quantitative estimate of drug-likeness (QED) is 0.318. The van der Waals surface area contributed by atoms with Gasteiger partial charge in [0.05, 0.1) is 16.8 Å². The van der Waals surface area contributed by atoms with Gasteiger partial charge in [0.25, 0.3) is 11.1 Å². The lowest BCUT2D eigenvalue weighted by Gasteiger charge is -2.32. The topological polar surface area (TPSA) is 113 Å². The highest BCUT2D eigenvalue weighted by Crippen LogP contribution is 2.28. The summed E-state index contributed by atoms with van der Waals surface area (Å²) in [5.74, 6) is 0.905. The number of aromatic nitrogens is 3. The van der Waals surface area contributed by atoms with Crippen LogP contribution in [0.15, 0.2) is 64.2 Å². The minimum absolute atomic E-state index is 0.324. The Labute approximate surface area is 227 Å². The molecule has 0 bridgehead atoms. The van der Waals surface area contributed by atoms with Crippen LogP contribution in [0, 0.1) is 11.7 Å². The number of carbonyl (C=O) groups excluding carboxylic acids is 2. The van der Waals surface area contributed by atoms with E-state index >= 15 is 0 Å². The fourth-order valence-electron chi connectivity index (χ4n) is 4.76. The number of amides is 2. The van der Waals surface area contributed by atoms with Gasteiger partial charge in [-0.1, -0.05) is 18.2 Å². The molecule has 39 heavy (non-hydrogen) atoms. The van der Waals surface area contributed by atoms with Gasteiger partial charge in [0.1, 0.15) is 17.1 Å². The van der Waals surface area contributed by atoms with Gasteiger partial charge in [0.2, 0.25) is 5.95 Å². The molecular weight excluding hydrogens is 519 g/mol. The average Bonchev–Trinajstić information content (AvgIpc) is 3.52.